The molecule has 1 aromatic carbocycles. The zero-order valence-corrected chi connectivity index (χ0v) is 11.1. The van der Waals surface area contributed by atoms with E-state index in [0.29, 0.717) is 17.2 Å². The molecule has 5 nitrogen and oxygen atoms in total. The molecule has 0 aliphatic carbocycles. The second kappa shape index (κ2) is 5.82. The molecule has 0 aliphatic rings. The van der Waals surface area contributed by atoms with Crippen LogP contribution in [0, 0.1) is 5.41 Å². The molecule has 0 saturated heterocycles. The molecule has 2 rings (SSSR count). The van der Waals surface area contributed by atoms with E-state index in [4.69, 9.17) is 17.0 Å². The second-order valence-electron chi connectivity index (χ2n) is 4.16. The number of nitrogens with one attached hydrogen (secondary N) is 1. The first-order valence-corrected chi connectivity index (χ1v) is 6.38. The number of nitrogens with zero attached hydrogens (tertiary/aromatic N) is 4. The average molecular weight is 266 g/mol. The molecule has 0 saturated carbocycles. The molecule has 0 amide bonds. The molecule has 6 heteroatoms. The summed E-state index contributed by atoms with van der Waals surface area (Å²) >= 11 is 5.83. The van der Waals surface area contributed by atoms with Gasteiger partial charge in [-0.15, -0.1) is 0 Å². The first kappa shape index (κ1) is 12.8. The van der Waals surface area contributed by atoms with Gasteiger partial charge in [-0.25, -0.2) is 9.36 Å². The highest BCUT2D eigenvalue weighted by Crippen LogP contribution is 2.09. The largest absolute Gasteiger partial charge is 0.266 e. The van der Waals surface area contributed by atoms with Crippen LogP contribution in [0.15, 0.2) is 24.3 Å². The predicted molar refractivity (Wildman–Crippen MR) is 69.3 cm³/mol. The molecule has 2 aromatic rings. The summed E-state index contributed by atoms with van der Waals surface area (Å²) in [7, 11) is 0. The number of hydrogen-bond donors (Lipinski definition) is 1. The summed E-state index contributed by atoms with van der Waals surface area (Å²) in [6.45, 7) is 3.40. The molecule has 0 aliphatic heterocycles. The van der Waals surface area contributed by atoms with Crippen LogP contribution in [-0.2, 0) is 13.1 Å². The van der Waals surface area contributed by atoms with Crippen molar-refractivity contribution in [1.29, 1.82) is 5.41 Å². The average Bonchev–Trinajstić information content (AvgIpc) is 2.71. The molecular weight excluding hydrogens is 250 g/mol. The van der Waals surface area contributed by atoms with Gasteiger partial charge in [0.15, 0.2) is 0 Å². The second-order valence-corrected chi connectivity index (χ2v) is 4.60. The summed E-state index contributed by atoms with van der Waals surface area (Å²) in [4.78, 5) is 0. The third kappa shape index (κ3) is 2.98. The van der Waals surface area contributed by atoms with Gasteiger partial charge in [0.2, 0.25) is 5.62 Å². The van der Waals surface area contributed by atoms with Crippen LogP contribution in [-0.4, -0.2) is 19.8 Å². The lowest BCUT2D eigenvalue weighted by atomic mass is 10.2. The molecule has 96 valence electrons. The van der Waals surface area contributed by atoms with Crippen LogP contribution in [0.1, 0.15) is 25.3 Å². The van der Waals surface area contributed by atoms with Crippen LogP contribution in [0.4, 0.5) is 0 Å². The van der Waals surface area contributed by atoms with E-state index in [1.165, 1.54) is 0 Å². The molecule has 0 spiro atoms. The molecule has 1 heterocycles. The van der Waals surface area contributed by atoms with E-state index in [1.807, 2.05) is 24.3 Å². The third-order valence-electron chi connectivity index (χ3n) is 2.71. The Morgan fingerprint density at radius 2 is 1.83 bits per heavy atom. The Labute approximate surface area is 110 Å². The smallest absolute Gasteiger partial charge is 0.238 e. The summed E-state index contributed by atoms with van der Waals surface area (Å²) in [5.41, 5.74) is 1.39. The number of rotatable bonds is 5. The molecular formula is C12H16ClN5. The van der Waals surface area contributed by atoms with Gasteiger partial charge in [0.05, 0.1) is 6.54 Å². The van der Waals surface area contributed by atoms with Crippen LogP contribution >= 0.6 is 11.6 Å². The Morgan fingerprint density at radius 1 is 1.17 bits per heavy atom. The summed E-state index contributed by atoms with van der Waals surface area (Å²) < 4.78 is 3.21. The van der Waals surface area contributed by atoms with Gasteiger partial charge in [0, 0.05) is 11.6 Å². The van der Waals surface area contributed by atoms with E-state index in [1.54, 1.807) is 9.36 Å². The van der Waals surface area contributed by atoms with Gasteiger partial charge < -0.3 is 0 Å². The van der Waals surface area contributed by atoms with Crippen molar-refractivity contribution in [2.45, 2.75) is 32.9 Å². The molecule has 0 radical (unpaired) electrons. The maximum atomic E-state index is 7.97. The fraction of sp³-hybridized carbons (Fsp3) is 0.417. The van der Waals surface area contributed by atoms with E-state index in [9.17, 15) is 0 Å². The zero-order valence-electron chi connectivity index (χ0n) is 10.3. The first-order valence-electron chi connectivity index (χ1n) is 6.00. The van der Waals surface area contributed by atoms with Crippen molar-refractivity contribution < 1.29 is 0 Å². The minimum Gasteiger partial charge on any atom is -0.266 e. The Hall–Kier alpha value is -1.62. The number of benzene rings is 1. The monoisotopic (exact) mass is 265 g/mol. The van der Waals surface area contributed by atoms with E-state index in [-0.39, 0.29) is 0 Å². The van der Waals surface area contributed by atoms with Crippen LogP contribution in [0.5, 0.6) is 0 Å². The van der Waals surface area contributed by atoms with Gasteiger partial charge in [-0.3, -0.25) is 5.41 Å². The molecule has 0 bridgehead atoms. The minimum absolute atomic E-state index is 0.332. The SMILES string of the molecule is CCCCn1nnn(Cc2ccc(Cl)cc2)c1=N. The summed E-state index contributed by atoms with van der Waals surface area (Å²) in [6, 6.07) is 7.53. The van der Waals surface area contributed by atoms with Crippen molar-refractivity contribution in [1.82, 2.24) is 19.8 Å². The maximum absolute atomic E-state index is 7.97. The van der Waals surface area contributed by atoms with Crippen molar-refractivity contribution in [3.8, 4) is 0 Å². The number of tetrazole rings is 1. The quantitative estimate of drug-likeness (QED) is 0.900. The predicted octanol–water partition coefficient (Wildman–Crippen LogP) is 2.06. The first-order chi connectivity index (χ1) is 8.70. The van der Waals surface area contributed by atoms with Gasteiger partial charge in [-0.2, -0.15) is 0 Å². The Kier molecular flexibility index (Phi) is 4.15. The third-order valence-corrected chi connectivity index (χ3v) is 2.97. The molecule has 0 fully saturated rings. The summed E-state index contributed by atoms with van der Waals surface area (Å²) in [5, 5.41) is 16.7. The Morgan fingerprint density at radius 3 is 2.50 bits per heavy atom. The molecule has 0 atom stereocenters. The van der Waals surface area contributed by atoms with Crippen molar-refractivity contribution in [3.05, 3.63) is 40.5 Å². The van der Waals surface area contributed by atoms with Gasteiger partial charge in [-0.1, -0.05) is 37.1 Å². The zero-order chi connectivity index (χ0) is 13.0. The molecule has 18 heavy (non-hydrogen) atoms. The van der Waals surface area contributed by atoms with Gasteiger partial charge >= 0.3 is 0 Å². The van der Waals surface area contributed by atoms with Gasteiger partial charge in [0.25, 0.3) is 0 Å². The lowest BCUT2D eigenvalue weighted by Crippen LogP contribution is -2.26. The van der Waals surface area contributed by atoms with E-state index >= 15 is 0 Å². The van der Waals surface area contributed by atoms with E-state index < -0.39 is 0 Å². The molecule has 1 N–H and O–H groups in total. The van der Waals surface area contributed by atoms with Crippen LogP contribution in [0.3, 0.4) is 0 Å². The van der Waals surface area contributed by atoms with Crippen LogP contribution < -0.4 is 5.62 Å². The normalized spacial score (nSPS) is 10.8. The van der Waals surface area contributed by atoms with Crippen molar-refractivity contribution in [2.75, 3.05) is 0 Å². The molecule has 0 unspecified atom stereocenters. The Balaban J connectivity index is 2.12. The fourth-order valence-electron chi connectivity index (χ4n) is 1.64. The highest BCUT2D eigenvalue weighted by atomic mass is 35.5. The lowest BCUT2D eigenvalue weighted by molar-refractivity contribution is 0.527. The van der Waals surface area contributed by atoms with Gasteiger partial charge in [-0.05, 0) is 34.5 Å². The standard InChI is InChI=1S/C12H16ClN5/c1-2-3-8-17-12(14)18(16-15-17)9-10-4-6-11(13)7-5-10/h4-7,14H,2-3,8-9H2,1H3. The number of aromatic nitrogens is 4. The van der Waals surface area contributed by atoms with Crippen molar-refractivity contribution in [2.24, 2.45) is 0 Å². The topological polar surface area (TPSA) is 59.5 Å². The van der Waals surface area contributed by atoms with Crippen LogP contribution in [0.2, 0.25) is 5.02 Å². The van der Waals surface area contributed by atoms with Crippen molar-refractivity contribution in [3.63, 3.8) is 0 Å². The molecule has 1 aromatic heterocycles. The fourth-order valence-corrected chi connectivity index (χ4v) is 1.77. The number of unbranched alkanes of at least 4 members (excludes halogenated alkanes) is 1. The highest BCUT2D eigenvalue weighted by Gasteiger charge is 2.03. The summed E-state index contributed by atoms with van der Waals surface area (Å²) in [6.07, 6.45) is 2.09. The number of halogens is 1. The number of aryl methyl sites for hydroxylation is 1. The Bertz CT molecular complexity index is 555. The maximum Gasteiger partial charge on any atom is 0.238 e. The highest BCUT2D eigenvalue weighted by molar-refractivity contribution is 6.30. The van der Waals surface area contributed by atoms with Gasteiger partial charge in [0.1, 0.15) is 0 Å². The van der Waals surface area contributed by atoms with Crippen LogP contribution in [0.25, 0.3) is 0 Å². The van der Waals surface area contributed by atoms with E-state index in [2.05, 4.69) is 17.4 Å². The van der Waals surface area contributed by atoms with E-state index in [0.717, 1.165) is 24.9 Å². The summed E-state index contributed by atoms with van der Waals surface area (Å²) in [5.74, 6) is 0. The lowest BCUT2D eigenvalue weighted by Gasteiger charge is -2.01. The minimum atomic E-state index is 0.332. The number of hydrogen-bond acceptors (Lipinski definition) is 3. The van der Waals surface area contributed by atoms with Crippen molar-refractivity contribution >= 4 is 11.6 Å².